The van der Waals surface area contributed by atoms with E-state index in [1.165, 1.54) is 11.1 Å². The average Bonchev–Trinajstić information content (AvgIpc) is 3.21. The zero-order chi connectivity index (χ0) is 23.9. The summed E-state index contributed by atoms with van der Waals surface area (Å²) < 4.78 is 0. The third kappa shape index (κ3) is 3.79. The van der Waals surface area contributed by atoms with E-state index in [1.807, 2.05) is 25.1 Å². The summed E-state index contributed by atoms with van der Waals surface area (Å²) in [5.74, 6) is 2.49. The number of carbonyl (C=O) groups is 3. The van der Waals surface area contributed by atoms with E-state index in [4.69, 9.17) is 0 Å². The van der Waals surface area contributed by atoms with E-state index in [0.29, 0.717) is 36.4 Å². The lowest BCUT2D eigenvalue weighted by Crippen LogP contribution is -2.50. The Labute approximate surface area is 203 Å². The molecule has 0 radical (unpaired) electrons. The van der Waals surface area contributed by atoms with Crippen molar-refractivity contribution in [1.29, 1.82) is 0 Å². The van der Waals surface area contributed by atoms with Crippen molar-refractivity contribution in [2.75, 3.05) is 5.32 Å². The summed E-state index contributed by atoms with van der Waals surface area (Å²) in [6, 6.07) is 8.10. The Morgan fingerprint density at radius 3 is 2.65 bits per heavy atom. The van der Waals surface area contributed by atoms with Gasteiger partial charge in [0.15, 0.2) is 5.78 Å². The maximum Gasteiger partial charge on any atom is 0.211 e. The second-order valence-corrected chi connectivity index (χ2v) is 11.5. The van der Waals surface area contributed by atoms with Crippen LogP contribution in [0.5, 0.6) is 0 Å². The van der Waals surface area contributed by atoms with Crippen molar-refractivity contribution in [2.24, 2.45) is 34.5 Å². The molecule has 0 bridgehead atoms. The topological polar surface area (TPSA) is 63.2 Å². The second kappa shape index (κ2) is 8.94. The summed E-state index contributed by atoms with van der Waals surface area (Å²) in [7, 11) is 0. The van der Waals surface area contributed by atoms with E-state index in [1.54, 1.807) is 0 Å². The Morgan fingerprint density at radius 2 is 1.91 bits per heavy atom. The van der Waals surface area contributed by atoms with Gasteiger partial charge in [-0.2, -0.15) is 0 Å². The van der Waals surface area contributed by atoms with Gasteiger partial charge in [0.2, 0.25) is 6.41 Å². The molecule has 0 aliphatic heterocycles. The van der Waals surface area contributed by atoms with E-state index < -0.39 is 0 Å². The van der Waals surface area contributed by atoms with Crippen LogP contribution in [0.3, 0.4) is 0 Å². The van der Waals surface area contributed by atoms with Crippen molar-refractivity contribution in [1.82, 2.24) is 0 Å². The van der Waals surface area contributed by atoms with Crippen molar-refractivity contribution < 1.29 is 14.4 Å². The van der Waals surface area contributed by atoms with Gasteiger partial charge in [0.25, 0.3) is 0 Å². The van der Waals surface area contributed by atoms with Gasteiger partial charge in [-0.1, -0.05) is 31.2 Å². The predicted octanol–water partition coefficient (Wildman–Crippen LogP) is 6.07. The number of benzene rings is 1. The lowest BCUT2D eigenvalue weighted by molar-refractivity contribution is -0.128. The molecule has 0 heterocycles. The standard InChI is InChI=1S/C30H37NO3/c1-20(33)26-11-12-28-25-10-7-22-18-24(34)13-16-29(22,2)27(25)14-17-30(26,28)15-3-4-21-5-8-23(9-6-21)31-19-32/h5-10,18-19,25-28H,3-4,11-17H2,1-2H3,(H,31,32)/t25-,26-,27-,28+,29-,30-/m1/s1. The number of ketones is 2. The van der Waals surface area contributed by atoms with Crippen molar-refractivity contribution in [3.05, 3.63) is 53.6 Å². The zero-order valence-electron chi connectivity index (χ0n) is 20.5. The van der Waals surface area contributed by atoms with Crippen molar-refractivity contribution in [3.63, 3.8) is 0 Å². The maximum absolute atomic E-state index is 12.8. The zero-order valence-corrected chi connectivity index (χ0v) is 20.5. The van der Waals surface area contributed by atoms with Gasteiger partial charge in [-0.15, -0.1) is 0 Å². The summed E-state index contributed by atoms with van der Waals surface area (Å²) >= 11 is 0. The van der Waals surface area contributed by atoms with Crippen LogP contribution in [0.15, 0.2) is 48.1 Å². The summed E-state index contributed by atoms with van der Waals surface area (Å²) in [6.07, 6.45) is 16.6. The molecule has 0 aromatic heterocycles. The van der Waals surface area contributed by atoms with Gasteiger partial charge >= 0.3 is 0 Å². The van der Waals surface area contributed by atoms with Gasteiger partial charge in [0.1, 0.15) is 5.78 Å². The monoisotopic (exact) mass is 459 g/mol. The van der Waals surface area contributed by atoms with Gasteiger partial charge in [-0.3, -0.25) is 14.4 Å². The average molecular weight is 460 g/mol. The summed E-state index contributed by atoms with van der Waals surface area (Å²) in [5, 5.41) is 2.69. The lowest BCUT2D eigenvalue weighted by atomic mass is 9.47. The Hall–Kier alpha value is -2.49. The predicted molar refractivity (Wildman–Crippen MR) is 134 cm³/mol. The highest BCUT2D eigenvalue weighted by Gasteiger charge is 2.60. The molecular formula is C30H37NO3. The molecule has 1 N–H and O–H groups in total. The number of aryl methyl sites for hydroxylation is 1. The normalized spacial score (nSPS) is 36.2. The fourth-order valence-electron chi connectivity index (χ4n) is 8.36. The molecule has 4 heteroatoms. The first-order valence-electron chi connectivity index (χ1n) is 13.1. The number of hydrogen-bond acceptors (Lipinski definition) is 3. The van der Waals surface area contributed by atoms with E-state index >= 15 is 0 Å². The number of amides is 1. The quantitative estimate of drug-likeness (QED) is 0.503. The molecule has 2 fully saturated rings. The fraction of sp³-hybridized carbons (Fsp3) is 0.567. The van der Waals surface area contributed by atoms with Crippen molar-refractivity contribution in [2.45, 2.75) is 71.6 Å². The summed E-state index contributed by atoms with van der Waals surface area (Å²) in [5.41, 5.74) is 3.55. The van der Waals surface area contributed by atoms with Gasteiger partial charge in [-0.25, -0.2) is 0 Å². The van der Waals surface area contributed by atoms with Crippen LogP contribution in [-0.4, -0.2) is 18.0 Å². The molecule has 4 aliphatic rings. The molecule has 5 rings (SSSR count). The second-order valence-electron chi connectivity index (χ2n) is 11.5. The van der Waals surface area contributed by atoms with Crippen molar-refractivity contribution >= 4 is 23.7 Å². The van der Waals surface area contributed by atoms with Crippen LogP contribution in [0, 0.1) is 34.5 Å². The highest BCUT2D eigenvalue weighted by molar-refractivity contribution is 5.92. The van der Waals surface area contributed by atoms with Crippen LogP contribution in [0.25, 0.3) is 0 Å². The van der Waals surface area contributed by atoms with Gasteiger partial charge in [0, 0.05) is 18.0 Å². The number of allylic oxidation sites excluding steroid dienone is 4. The molecule has 4 nitrogen and oxygen atoms in total. The number of rotatable bonds is 7. The molecule has 0 spiro atoms. The summed E-state index contributed by atoms with van der Waals surface area (Å²) in [4.78, 5) is 35.6. The number of carbonyl (C=O) groups excluding carboxylic acids is 3. The van der Waals surface area contributed by atoms with E-state index in [9.17, 15) is 14.4 Å². The van der Waals surface area contributed by atoms with Crippen LogP contribution >= 0.6 is 0 Å². The first-order chi connectivity index (χ1) is 16.4. The molecule has 0 unspecified atom stereocenters. The van der Waals surface area contributed by atoms with E-state index in [-0.39, 0.29) is 22.5 Å². The SMILES string of the molecule is CC(=O)[C@H]1CC[C@H]2[C@@H]3C=CC4=CC(=O)CC[C@@]4(C)[C@@H]3CC[C@]12CCCc1ccc(NC=O)cc1. The van der Waals surface area contributed by atoms with Crippen LogP contribution in [0.4, 0.5) is 5.69 Å². The summed E-state index contributed by atoms with van der Waals surface area (Å²) in [6.45, 7) is 4.20. The minimum absolute atomic E-state index is 0.102. The number of Topliss-reactive ketones (excluding diaryl/α,β-unsaturated/α-hetero) is 1. The highest BCUT2D eigenvalue weighted by Crippen LogP contribution is 2.66. The molecule has 4 aliphatic carbocycles. The van der Waals surface area contributed by atoms with Gasteiger partial charge in [0.05, 0.1) is 0 Å². The van der Waals surface area contributed by atoms with Crippen LogP contribution in [0.2, 0.25) is 0 Å². The Bertz CT molecular complexity index is 1040. The smallest absolute Gasteiger partial charge is 0.211 e. The number of hydrogen-bond donors (Lipinski definition) is 1. The molecule has 2 saturated carbocycles. The Morgan fingerprint density at radius 1 is 1.12 bits per heavy atom. The number of nitrogens with one attached hydrogen (secondary N) is 1. The third-order valence-corrected chi connectivity index (χ3v) is 10.0. The van der Waals surface area contributed by atoms with E-state index in [2.05, 4.69) is 36.5 Å². The molecular weight excluding hydrogens is 422 g/mol. The Balaban J connectivity index is 1.37. The highest BCUT2D eigenvalue weighted by atomic mass is 16.1. The van der Waals surface area contributed by atoms with Crippen LogP contribution in [0.1, 0.15) is 70.8 Å². The van der Waals surface area contributed by atoms with E-state index in [0.717, 1.165) is 57.1 Å². The lowest BCUT2D eigenvalue weighted by Gasteiger charge is -2.57. The minimum Gasteiger partial charge on any atom is -0.329 e. The maximum atomic E-state index is 12.8. The number of fused-ring (bicyclic) bond motifs is 5. The molecule has 34 heavy (non-hydrogen) atoms. The number of anilines is 1. The molecule has 180 valence electrons. The molecule has 1 aromatic carbocycles. The molecule has 1 amide bonds. The third-order valence-electron chi connectivity index (χ3n) is 10.0. The molecule has 1 aromatic rings. The largest absolute Gasteiger partial charge is 0.329 e. The Kier molecular flexibility index (Phi) is 6.12. The first kappa shape index (κ1) is 23.3. The van der Waals surface area contributed by atoms with Crippen LogP contribution in [-0.2, 0) is 20.8 Å². The van der Waals surface area contributed by atoms with Crippen LogP contribution < -0.4 is 5.32 Å². The van der Waals surface area contributed by atoms with Crippen molar-refractivity contribution in [3.8, 4) is 0 Å². The first-order valence-corrected chi connectivity index (χ1v) is 13.1. The van der Waals surface area contributed by atoms with Gasteiger partial charge < -0.3 is 5.32 Å². The fourth-order valence-corrected chi connectivity index (χ4v) is 8.36. The van der Waals surface area contributed by atoms with Gasteiger partial charge in [-0.05, 0) is 116 Å². The minimum atomic E-state index is 0.102. The molecule has 6 atom stereocenters. The molecule has 0 saturated heterocycles.